The second kappa shape index (κ2) is 7.71. The van der Waals surface area contributed by atoms with Crippen LogP contribution < -0.4 is 10.6 Å². The Bertz CT molecular complexity index is 703. The summed E-state index contributed by atoms with van der Waals surface area (Å²) in [5.74, 6) is -2.91. The summed E-state index contributed by atoms with van der Waals surface area (Å²) in [4.78, 5) is 12.6. The molecule has 2 aromatic rings. The van der Waals surface area contributed by atoms with E-state index in [4.69, 9.17) is 0 Å². The van der Waals surface area contributed by atoms with Crippen molar-refractivity contribution in [1.82, 2.24) is 20.3 Å². The predicted molar refractivity (Wildman–Crippen MR) is 87.4 cm³/mol. The number of aromatic nitrogens is 3. The van der Waals surface area contributed by atoms with E-state index in [1.165, 1.54) is 6.07 Å². The van der Waals surface area contributed by atoms with Crippen LogP contribution in [0.25, 0.3) is 0 Å². The summed E-state index contributed by atoms with van der Waals surface area (Å²) in [6.45, 7) is 1.83. The molecule has 1 aromatic carbocycles. The Morgan fingerprint density at radius 3 is 2.92 bits per heavy atom. The quantitative estimate of drug-likeness (QED) is 0.809. The van der Waals surface area contributed by atoms with Gasteiger partial charge in [-0.3, -0.25) is 4.79 Å². The molecule has 0 unspecified atom stereocenters. The van der Waals surface area contributed by atoms with E-state index in [9.17, 15) is 13.6 Å². The third-order valence-electron chi connectivity index (χ3n) is 3.74. The van der Waals surface area contributed by atoms with Gasteiger partial charge in [0.25, 0.3) is 11.7 Å². The Balaban J connectivity index is 1.65. The van der Waals surface area contributed by atoms with Crippen molar-refractivity contribution in [3.05, 3.63) is 36.2 Å². The van der Waals surface area contributed by atoms with Gasteiger partial charge in [-0.1, -0.05) is 23.0 Å². The Hall–Kier alpha value is -2.00. The van der Waals surface area contributed by atoms with Crippen LogP contribution in [0.15, 0.2) is 35.4 Å². The number of piperidine rings is 1. The van der Waals surface area contributed by atoms with E-state index in [1.807, 2.05) is 0 Å². The van der Waals surface area contributed by atoms with Crippen LogP contribution in [0.3, 0.4) is 0 Å². The number of nitrogens with zero attached hydrogens (tertiary/aromatic N) is 3. The molecule has 2 N–H and O–H groups in total. The first-order valence-corrected chi connectivity index (χ1v) is 8.48. The fourth-order valence-corrected chi connectivity index (χ4v) is 3.13. The number of hydrogen-bond donors (Lipinski definition) is 2. The van der Waals surface area contributed by atoms with E-state index >= 15 is 0 Å². The van der Waals surface area contributed by atoms with Crippen LogP contribution in [0.2, 0.25) is 0 Å². The molecule has 6 nitrogen and oxygen atoms in total. The largest absolute Gasteiger partial charge is 0.321 e. The van der Waals surface area contributed by atoms with Gasteiger partial charge in [0, 0.05) is 10.6 Å². The third-order valence-corrected chi connectivity index (χ3v) is 4.45. The van der Waals surface area contributed by atoms with Crippen molar-refractivity contribution in [2.45, 2.75) is 29.5 Å². The maximum Gasteiger partial charge on any atom is 0.288 e. The van der Waals surface area contributed by atoms with E-state index in [0.29, 0.717) is 22.3 Å². The average Bonchev–Trinajstić information content (AvgIpc) is 3.05. The first-order valence-electron chi connectivity index (χ1n) is 7.60. The number of benzene rings is 1. The van der Waals surface area contributed by atoms with Crippen LogP contribution in [-0.4, -0.2) is 39.7 Å². The number of nitrogens with one attached hydrogen (secondary N) is 2. The lowest BCUT2D eigenvalue weighted by Crippen LogP contribution is -2.29. The maximum atomic E-state index is 12.4. The number of anilines is 1. The van der Waals surface area contributed by atoms with Crippen LogP contribution in [0.5, 0.6) is 0 Å². The highest BCUT2D eigenvalue weighted by atomic mass is 32.2. The summed E-state index contributed by atoms with van der Waals surface area (Å²) < 4.78 is 26.5. The summed E-state index contributed by atoms with van der Waals surface area (Å²) >= 11 is 0.436. The van der Waals surface area contributed by atoms with Crippen molar-refractivity contribution in [2.75, 3.05) is 18.4 Å². The number of carbonyl (C=O) groups excluding carboxylic acids is 1. The molecule has 9 heteroatoms. The molecular formula is C15H17F2N5OS. The van der Waals surface area contributed by atoms with Gasteiger partial charge in [-0.25, -0.2) is 4.68 Å². The highest BCUT2D eigenvalue weighted by molar-refractivity contribution is 7.99. The number of carbonyl (C=O) groups is 1. The van der Waals surface area contributed by atoms with Crippen LogP contribution in [0, 0.1) is 0 Å². The van der Waals surface area contributed by atoms with Crippen LogP contribution in [-0.2, 0) is 0 Å². The summed E-state index contributed by atoms with van der Waals surface area (Å²) in [6.07, 6.45) is 3.51. The van der Waals surface area contributed by atoms with E-state index in [1.54, 1.807) is 29.1 Å². The minimum Gasteiger partial charge on any atom is -0.321 e. The molecule has 0 spiro atoms. The highest BCUT2D eigenvalue weighted by Crippen LogP contribution is 2.27. The maximum absolute atomic E-state index is 12.4. The number of rotatable bonds is 5. The summed E-state index contributed by atoms with van der Waals surface area (Å²) in [5, 5.41) is 13.9. The van der Waals surface area contributed by atoms with Gasteiger partial charge in [-0.15, -0.1) is 5.10 Å². The zero-order chi connectivity index (χ0) is 16.9. The summed E-state index contributed by atoms with van der Waals surface area (Å²) in [7, 11) is 0. The van der Waals surface area contributed by atoms with Crippen molar-refractivity contribution in [1.29, 1.82) is 0 Å². The van der Waals surface area contributed by atoms with Gasteiger partial charge in [-0.05, 0) is 44.1 Å². The molecule has 1 fully saturated rings. The van der Waals surface area contributed by atoms with Gasteiger partial charge < -0.3 is 10.6 Å². The molecular weight excluding hydrogens is 336 g/mol. The van der Waals surface area contributed by atoms with Gasteiger partial charge in [0.1, 0.15) is 0 Å². The van der Waals surface area contributed by atoms with E-state index in [-0.39, 0.29) is 11.7 Å². The molecule has 1 aliphatic rings. The van der Waals surface area contributed by atoms with E-state index < -0.39 is 11.7 Å². The number of hydrogen-bond acceptors (Lipinski definition) is 5. The minimum atomic E-state index is -2.50. The van der Waals surface area contributed by atoms with Crippen molar-refractivity contribution >= 4 is 23.4 Å². The molecule has 24 heavy (non-hydrogen) atoms. The highest BCUT2D eigenvalue weighted by Gasteiger charge is 2.19. The Kier molecular flexibility index (Phi) is 5.41. The molecule has 1 saturated heterocycles. The van der Waals surface area contributed by atoms with Crippen molar-refractivity contribution in [3.8, 4) is 0 Å². The molecule has 128 valence electrons. The monoisotopic (exact) mass is 353 g/mol. The fourth-order valence-electron chi connectivity index (χ4n) is 2.58. The van der Waals surface area contributed by atoms with E-state index in [2.05, 4.69) is 20.9 Å². The van der Waals surface area contributed by atoms with Gasteiger partial charge in [-0.2, -0.15) is 8.78 Å². The lowest BCUT2D eigenvalue weighted by Gasteiger charge is -2.22. The Morgan fingerprint density at radius 1 is 1.38 bits per heavy atom. The van der Waals surface area contributed by atoms with Gasteiger partial charge in [0.05, 0.1) is 12.2 Å². The molecule has 3 rings (SSSR count). The zero-order valence-electron chi connectivity index (χ0n) is 12.8. The number of amides is 1. The Morgan fingerprint density at radius 2 is 2.17 bits per heavy atom. The molecule has 1 aromatic heterocycles. The van der Waals surface area contributed by atoms with Gasteiger partial charge >= 0.3 is 0 Å². The second-order valence-corrected chi connectivity index (χ2v) is 6.49. The van der Waals surface area contributed by atoms with Crippen molar-refractivity contribution in [2.24, 2.45) is 0 Å². The molecule has 1 amide bonds. The zero-order valence-corrected chi connectivity index (χ0v) is 13.6. The summed E-state index contributed by atoms with van der Waals surface area (Å²) in [6, 6.07) is 6.58. The number of alkyl halides is 2. The summed E-state index contributed by atoms with van der Waals surface area (Å²) in [5.41, 5.74) is 0.655. The first kappa shape index (κ1) is 16.8. The fraction of sp³-hybridized carbons (Fsp3) is 0.400. The van der Waals surface area contributed by atoms with Crippen LogP contribution >= 0.6 is 11.8 Å². The van der Waals surface area contributed by atoms with Gasteiger partial charge in [0.15, 0.2) is 5.69 Å². The van der Waals surface area contributed by atoms with E-state index in [0.717, 1.165) is 25.9 Å². The SMILES string of the molecule is O=C(Nc1cccc(SC(F)F)c1)c1cn(C2CCNCC2)nn1. The lowest BCUT2D eigenvalue weighted by atomic mass is 10.1. The second-order valence-electron chi connectivity index (χ2n) is 5.43. The third kappa shape index (κ3) is 4.30. The lowest BCUT2D eigenvalue weighted by molar-refractivity contribution is 0.102. The topological polar surface area (TPSA) is 71.8 Å². The standard InChI is InChI=1S/C15H17F2N5OS/c16-15(17)24-12-3-1-2-10(8-12)19-14(23)13-9-22(21-20-13)11-4-6-18-7-5-11/h1-3,8-9,11,15,18H,4-7H2,(H,19,23). The van der Waals surface area contributed by atoms with Gasteiger partial charge in [0.2, 0.25) is 0 Å². The minimum absolute atomic E-state index is 0.209. The molecule has 2 heterocycles. The smallest absolute Gasteiger partial charge is 0.288 e. The average molecular weight is 353 g/mol. The molecule has 0 atom stereocenters. The molecule has 0 radical (unpaired) electrons. The number of thioether (sulfide) groups is 1. The van der Waals surface area contributed by atoms with Crippen molar-refractivity contribution < 1.29 is 13.6 Å². The Labute approximate surface area is 142 Å². The van der Waals surface area contributed by atoms with Crippen LogP contribution in [0.4, 0.5) is 14.5 Å². The number of halogens is 2. The molecule has 1 aliphatic heterocycles. The molecule has 0 saturated carbocycles. The first-order chi connectivity index (χ1) is 11.6. The normalized spacial score (nSPS) is 15.6. The molecule has 0 aliphatic carbocycles. The predicted octanol–water partition coefficient (Wildman–Crippen LogP) is 2.77. The molecule has 0 bridgehead atoms. The van der Waals surface area contributed by atoms with Crippen molar-refractivity contribution in [3.63, 3.8) is 0 Å². The van der Waals surface area contributed by atoms with Crippen LogP contribution in [0.1, 0.15) is 29.4 Å².